The average Bonchev–Trinajstić information content (AvgIpc) is 2.38. The maximum Gasteiger partial charge on any atom is 0.0106 e. The molecule has 1 aliphatic rings. The van der Waals surface area contributed by atoms with Gasteiger partial charge in [0.1, 0.15) is 0 Å². The zero-order valence-corrected chi connectivity index (χ0v) is 11.5. The van der Waals surface area contributed by atoms with Crippen LogP contribution in [0.2, 0.25) is 0 Å². The second kappa shape index (κ2) is 7.07. The van der Waals surface area contributed by atoms with Crippen molar-refractivity contribution in [1.82, 2.24) is 5.32 Å². The first-order valence-corrected chi connectivity index (χ1v) is 7.76. The van der Waals surface area contributed by atoms with E-state index in [1.54, 1.807) is 0 Å². The van der Waals surface area contributed by atoms with Crippen LogP contribution in [0.3, 0.4) is 0 Å². The van der Waals surface area contributed by atoms with Crippen molar-refractivity contribution in [1.29, 1.82) is 0 Å². The van der Waals surface area contributed by atoms with E-state index in [2.05, 4.69) is 42.6 Å². The van der Waals surface area contributed by atoms with E-state index in [4.69, 9.17) is 0 Å². The van der Waals surface area contributed by atoms with Gasteiger partial charge in [0, 0.05) is 23.2 Å². The van der Waals surface area contributed by atoms with E-state index in [-0.39, 0.29) is 0 Å². The molecule has 1 aromatic carbocycles. The van der Waals surface area contributed by atoms with Crippen molar-refractivity contribution in [2.24, 2.45) is 5.92 Å². The third-order valence-corrected chi connectivity index (χ3v) is 4.65. The lowest BCUT2D eigenvalue weighted by molar-refractivity contribution is 0.285. The molecule has 0 spiro atoms. The molecular formula is C15H23NS. The van der Waals surface area contributed by atoms with Gasteiger partial charge in [-0.2, -0.15) is 0 Å². The topological polar surface area (TPSA) is 12.0 Å². The Morgan fingerprint density at radius 2 is 1.94 bits per heavy atom. The molecule has 0 bridgehead atoms. The predicted octanol–water partition coefficient (Wildman–Crippen LogP) is 3.95. The lowest BCUT2D eigenvalue weighted by Gasteiger charge is -2.29. The molecule has 0 radical (unpaired) electrons. The highest BCUT2D eigenvalue weighted by Crippen LogP contribution is 2.24. The molecule has 1 saturated carbocycles. The number of nitrogens with one attached hydrogen (secondary N) is 1. The van der Waals surface area contributed by atoms with Gasteiger partial charge < -0.3 is 5.32 Å². The third kappa shape index (κ3) is 4.36. The molecule has 2 unspecified atom stereocenters. The van der Waals surface area contributed by atoms with Gasteiger partial charge in [0.25, 0.3) is 0 Å². The Kier molecular flexibility index (Phi) is 5.40. The Labute approximate surface area is 109 Å². The fourth-order valence-electron chi connectivity index (χ4n) is 2.55. The van der Waals surface area contributed by atoms with Crippen LogP contribution in [0.5, 0.6) is 0 Å². The highest BCUT2D eigenvalue weighted by atomic mass is 32.2. The molecule has 1 aromatic rings. The van der Waals surface area contributed by atoms with Crippen molar-refractivity contribution in [2.45, 2.75) is 43.5 Å². The third-order valence-electron chi connectivity index (χ3n) is 3.63. The molecule has 0 heterocycles. The van der Waals surface area contributed by atoms with Crippen molar-refractivity contribution < 1.29 is 0 Å². The van der Waals surface area contributed by atoms with E-state index < -0.39 is 0 Å². The summed E-state index contributed by atoms with van der Waals surface area (Å²) < 4.78 is 0. The van der Waals surface area contributed by atoms with Gasteiger partial charge in [0.2, 0.25) is 0 Å². The molecular weight excluding hydrogens is 226 g/mol. The van der Waals surface area contributed by atoms with E-state index >= 15 is 0 Å². The number of hydrogen-bond donors (Lipinski definition) is 1. The minimum atomic E-state index is 0.764. The molecule has 0 aliphatic heterocycles. The maximum absolute atomic E-state index is 3.72. The molecule has 2 rings (SSSR count). The summed E-state index contributed by atoms with van der Waals surface area (Å²) in [5, 5.41) is 3.72. The van der Waals surface area contributed by atoms with E-state index in [1.165, 1.54) is 36.3 Å². The smallest absolute Gasteiger partial charge is 0.0106 e. The average molecular weight is 249 g/mol. The van der Waals surface area contributed by atoms with Crippen LogP contribution in [0.1, 0.15) is 32.6 Å². The van der Waals surface area contributed by atoms with Crippen LogP contribution in [0.4, 0.5) is 0 Å². The first kappa shape index (κ1) is 13.0. The first-order chi connectivity index (χ1) is 8.36. The van der Waals surface area contributed by atoms with Gasteiger partial charge in [-0.1, -0.05) is 38.0 Å². The largest absolute Gasteiger partial charge is 0.313 e. The Bertz CT molecular complexity index is 312. The lowest BCUT2D eigenvalue weighted by Crippen LogP contribution is -2.38. The molecule has 1 fully saturated rings. The fourth-order valence-corrected chi connectivity index (χ4v) is 3.35. The molecule has 94 valence electrons. The van der Waals surface area contributed by atoms with Crippen LogP contribution in [0.25, 0.3) is 0 Å². The second-order valence-corrected chi connectivity index (χ2v) is 6.15. The Balaban J connectivity index is 1.63. The monoisotopic (exact) mass is 249 g/mol. The van der Waals surface area contributed by atoms with Crippen LogP contribution in [0.15, 0.2) is 35.2 Å². The summed E-state index contributed by atoms with van der Waals surface area (Å²) in [4.78, 5) is 1.38. The summed E-state index contributed by atoms with van der Waals surface area (Å²) in [7, 11) is 0. The van der Waals surface area contributed by atoms with Crippen molar-refractivity contribution >= 4 is 11.8 Å². The van der Waals surface area contributed by atoms with Gasteiger partial charge >= 0.3 is 0 Å². The summed E-state index contributed by atoms with van der Waals surface area (Å²) in [5.74, 6) is 2.04. The number of hydrogen-bond acceptors (Lipinski definition) is 2. The fraction of sp³-hybridized carbons (Fsp3) is 0.600. The molecule has 0 amide bonds. The summed E-state index contributed by atoms with van der Waals surface area (Å²) in [6.07, 6.45) is 5.62. The van der Waals surface area contributed by atoms with Crippen LogP contribution in [-0.4, -0.2) is 18.3 Å². The molecule has 1 nitrogen and oxygen atoms in total. The maximum atomic E-state index is 3.72. The van der Waals surface area contributed by atoms with Crippen LogP contribution >= 0.6 is 11.8 Å². The van der Waals surface area contributed by atoms with Crippen molar-refractivity contribution in [2.75, 3.05) is 12.3 Å². The zero-order chi connectivity index (χ0) is 11.9. The van der Waals surface area contributed by atoms with Gasteiger partial charge in [0.05, 0.1) is 0 Å². The standard InChI is InChI=1S/C15H23NS/c1-13-7-5-6-10-15(13)16-11-12-17-14-8-3-2-4-9-14/h2-4,8-9,13,15-16H,5-7,10-12H2,1H3. The molecule has 1 aliphatic carbocycles. The SMILES string of the molecule is CC1CCCCC1NCCSc1ccccc1. The van der Waals surface area contributed by atoms with Gasteiger partial charge in [-0.3, -0.25) is 0 Å². The Morgan fingerprint density at radius 3 is 2.71 bits per heavy atom. The summed E-state index contributed by atoms with van der Waals surface area (Å²) in [5.41, 5.74) is 0. The molecule has 2 heteroatoms. The zero-order valence-electron chi connectivity index (χ0n) is 10.7. The van der Waals surface area contributed by atoms with Gasteiger partial charge in [-0.15, -0.1) is 11.8 Å². The van der Waals surface area contributed by atoms with Crippen molar-refractivity contribution in [3.63, 3.8) is 0 Å². The van der Waals surface area contributed by atoms with Crippen LogP contribution in [-0.2, 0) is 0 Å². The lowest BCUT2D eigenvalue weighted by atomic mass is 9.86. The van der Waals surface area contributed by atoms with Crippen LogP contribution < -0.4 is 5.32 Å². The summed E-state index contributed by atoms with van der Waals surface area (Å²) >= 11 is 1.95. The Morgan fingerprint density at radius 1 is 1.18 bits per heavy atom. The minimum absolute atomic E-state index is 0.764. The van der Waals surface area contributed by atoms with Gasteiger partial charge in [0.15, 0.2) is 0 Å². The van der Waals surface area contributed by atoms with Gasteiger partial charge in [-0.05, 0) is 30.9 Å². The highest BCUT2D eigenvalue weighted by molar-refractivity contribution is 7.99. The molecule has 0 aromatic heterocycles. The molecule has 17 heavy (non-hydrogen) atoms. The summed E-state index contributed by atoms with van der Waals surface area (Å²) in [6, 6.07) is 11.4. The van der Waals surface area contributed by atoms with E-state index in [0.717, 1.165) is 18.5 Å². The van der Waals surface area contributed by atoms with E-state index in [9.17, 15) is 0 Å². The minimum Gasteiger partial charge on any atom is -0.313 e. The Hall–Kier alpha value is -0.470. The highest BCUT2D eigenvalue weighted by Gasteiger charge is 2.19. The molecule has 1 N–H and O–H groups in total. The van der Waals surface area contributed by atoms with Crippen LogP contribution in [0, 0.1) is 5.92 Å². The van der Waals surface area contributed by atoms with E-state index in [1.807, 2.05) is 11.8 Å². The van der Waals surface area contributed by atoms with E-state index in [0.29, 0.717) is 0 Å². The quantitative estimate of drug-likeness (QED) is 0.626. The number of rotatable bonds is 5. The predicted molar refractivity (Wildman–Crippen MR) is 76.6 cm³/mol. The first-order valence-electron chi connectivity index (χ1n) is 6.77. The summed E-state index contributed by atoms with van der Waals surface area (Å²) in [6.45, 7) is 3.52. The second-order valence-electron chi connectivity index (χ2n) is 4.98. The van der Waals surface area contributed by atoms with Crippen molar-refractivity contribution in [3.8, 4) is 0 Å². The van der Waals surface area contributed by atoms with Gasteiger partial charge in [-0.25, -0.2) is 0 Å². The van der Waals surface area contributed by atoms with Crippen molar-refractivity contribution in [3.05, 3.63) is 30.3 Å². The molecule has 0 saturated heterocycles. The number of thioether (sulfide) groups is 1. The number of benzene rings is 1. The normalized spacial score (nSPS) is 24.8. The molecule has 2 atom stereocenters.